The van der Waals surface area contributed by atoms with Crippen LogP contribution in [0, 0.1) is 13.8 Å². The van der Waals surface area contributed by atoms with Crippen LogP contribution < -0.4 is 5.32 Å². The van der Waals surface area contributed by atoms with Crippen LogP contribution in [-0.4, -0.2) is 17.5 Å². The molecule has 1 aromatic carbocycles. The predicted molar refractivity (Wildman–Crippen MR) is 69.9 cm³/mol. The number of rotatable bonds is 2. The van der Waals surface area contributed by atoms with E-state index in [1.165, 1.54) is 41.2 Å². The molecule has 1 aliphatic rings. The normalized spacial score (nSPS) is 21.3. The molecule has 2 rings (SSSR count). The van der Waals surface area contributed by atoms with E-state index in [1.54, 1.807) is 0 Å². The molecule has 2 heteroatoms. The van der Waals surface area contributed by atoms with Crippen LogP contribution in [0.25, 0.3) is 0 Å². The minimum atomic E-state index is 0.671. The van der Waals surface area contributed by atoms with Gasteiger partial charge in [0.25, 0.3) is 0 Å². The first-order chi connectivity index (χ1) is 7.25. The summed E-state index contributed by atoms with van der Waals surface area (Å²) in [6.07, 6.45) is 2.67. The van der Waals surface area contributed by atoms with Crippen molar-refractivity contribution in [3.05, 3.63) is 29.3 Å². The van der Waals surface area contributed by atoms with Gasteiger partial charge in [-0.1, -0.05) is 12.1 Å². The van der Waals surface area contributed by atoms with Gasteiger partial charge in [0.15, 0.2) is 0 Å². The lowest BCUT2D eigenvalue weighted by Gasteiger charge is -2.24. The van der Waals surface area contributed by atoms with E-state index in [-0.39, 0.29) is 0 Å². The van der Waals surface area contributed by atoms with Crippen LogP contribution in [0.1, 0.15) is 24.0 Å². The monoisotopic (exact) mass is 221 g/mol. The first-order valence-corrected chi connectivity index (χ1v) is 6.83. The smallest absolute Gasteiger partial charge is 0.0374 e. The van der Waals surface area contributed by atoms with E-state index in [2.05, 4.69) is 49.1 Å². The lowest BCUT2D eigenvalue weighted by Crippen LogP contribution is -2.26. The molecule has 0 aromatic heterocycles. The summed E-state index contributed by atoms with van der Waals surface area (Å²) in [5.74, 6) is 2.60. The fraction of sp³-hybridized carbons (Fsp3) is 0.538. The van der Waals surface area contributed by atoms with Crippen molar-refractivity contribution in [1.29, 1.82) is 0 Å². The number of thioether (sulfide) groups is 1. The molecular weight excluding hydrogens is 202 g/mol. The molecule has 0 radical (unpaired) electrons. The highest BCUT2D eigenvalue weighted by atomic mass is 32.2. The molecule has 1 heterocycles. The predicted octanol–water partition coefficient (Wildman–Crippen LogP) is 3.61. The molecule has 1 saturated heterocycles. The van der Waals surface area contributed by atoms with Crippen molar-refractivity contribution >= 4 is 17.4 Å². The zero-order chi connectivity index (χ0) is 10.7. The molecule has 1 N–H and O–H groups in total. The Morgan fingerprint density at radius 2 is 2.20 bits per heavy atom. The standard InChI is InChI=1S/C13H19NS/c1-10-5-6-11(2)13(8-10)14-12-4-3-7-15-9-12/h5-6,8,12,14H,3-4,7,9H2,1-2H3/t12-/m1/s1. The first kappa shape index (κ1) is 10.9. The van der Waals surface area contributed by atoms with Crippen molar-refractivity contribution in [2.45, 2.75) is 32.7 Å². The van der Waals surface area contributed by atoms with Crippen LogP contribution in [0.5, 0.6) is 0 Å². The van der Waals surface area contributed by atoms with E-state index in [0.717, 1.165) is 0 Å². The van der Waals surface area contributed by atoms with Gasteiger partial charge in [-0.05, 0) is 49.6 Å². The molecule has 1 atom stereocenters. The summed E-state index contributed by atoms with van der Waals surface area (Å²) < 4.78 is 0. The molecule has 15 heavy (non-hydrogen) atoms. The fourth-order valence-corrected chi connectivity index (χ4v) is 3.04. The van der Waals surface area contributed by atoms with Crippen LogP contribution in [0.4, 0.5) is 5.69 Å². The number of nitrogens with one attached hydrogen (secondary N) is 1. The Morgan fingerprint density at radius 3 is 2.93 bits per heavy atom. The minimum Gasteiger partial charge on any atom is -0.381 e. The van der Waals surface area contributed by atoms with Crippen molar-refractivity contribution in [3.63, 3.8) is 0 Å². The highest BCUT2D eigenvalue weighted by Gasteiger charge is 2.13. The second-order valence-corrected chi connectivity index (χ2v) is 5.53. The van der Waals surface area contributed by atoms with Gasteiger partial charge >= 0.3 is 0 Å². The topological polar surface area (TPSA) is 12.0 Å². The van der Waals surface area contributed by atoms with E-state index < -0.39 is 0 Å². The largest absolute Gasteiger partial charge is 0.381 e. The molecular formula is C13H19NS. The Balaban J connectivity index is 2.05. The molecule has 0 saturated carbocycles. The zero-order valence-electron chi connectivity index (χ0n) is 9.55. The van der Waals surface area contributed by atoms with E-state index in [9.17, 15) is 0 Å². The van der Waals surface area contributed by atoms with Crippen LogP contribution in [0.2, 0.25) is 0 Å². The van der Waals surface area contributed by atoms with E-state index in [1.807, 2.05) is 0 Å². The molecule has 0 spiro atoms. The number of hydrogen-bond acceptors (Lipinski definition) is 2. The van der Waals surface area contributed by atoms with Crippen molar-refractivity contribution in [2.75, 3.05) is 16.8 Å². The van der Waals surface area contributed by atoms with Gasteiger partial charge in [-0.25, -0.2) is 0 Å². The summed E-state index contributed by atoms with van der Waals surface area (Å²) in [6.45, 7) is 4.33. The molecule has 0 amide bonds. The summed E-state index contributed by atoms with van der Waals surface area (Å²) in [4.78, 5) is 0. The second-order valence-electron chi connectivity index (χ2n) is 4.38. The van der Waals surface area contributed by atoms with Crippen LogP contribution >= 0.6 is 11.8 Å². The molecule has 1 aromatic rings. The summed E-state index contributed by atoms with van der Waals surface area (Å²) in [6, 6.07) is 7.31. The highest BCUT2D eigenvalue weighted by molar-refractivity contribution is 7.99. The number of anilines is 1. The van der Waals surface area contributed by atoms with Gasteiger partial charge in [0.05, 0.1) is 0 Å². The quantitative estimate of drug-likeness (QED) is 0.818. The van der Waals surface area contributed by atoms with Gasteiger partial charge in [-0.3, -0.25) is 0 Å². The van der Waals surface area contributed by atoms with Gasteiger partial charge in [0.1, 0.15) is 0 Å². The lowest BCUT2D eigenvalue weighted by atomic mass is 10.1. The molecule has 82 valence electrons. The maximum Gasteiger partial charge on any atom is 0.0374 e. The summed E-state index contributed by atoms with van der Waals surface area (Å²) in [7, 11) is 0. The van der Waals surface area contributed by atoms with Crippen LogP contribution in [0.3, 0.4) is 0 Å². The molecule has 0 aliphatic carbocycles. The lowest BCUT2D eigenvalue weighted by molar-refractivity contribution is 0.684. The average Bonchev–Trinajstić information content (AvgIpc) is 2.25. The summed E-state index contributed by atoms with van der Waals surface area (Å²) in [5, 5.41) is 3.67. The van der Waals surface area contributed by atoms with Gasteiger partial charge in [-0.15, -0.1) is 0 Å². The fourth-order valence-electron chi connectivity index (χ4n) is 1.97. The summed E-state index contributed by atoms with van der Waals surface area (Å²) >= 11 is 2.07. The second kappa shape index (κ2) is 4.93. The first-order valence-electron chi connectivity index (χ1n) is 5.67. The summed E-state index contributed by atoms with van der Waals surface area (Å²) in [5.41, 5.74) is 4.02. The Hall–Kier alpha value is -0.630. The van der Waals surface area contributed by atoms with Gasteiger partial charge in [0, 0.05) is 17.5 Å². The SMILES string of the molecule is Cc1ccc(C)c(N[C@@H]2CCCSC2)c1. The molecule has 1 aliphatic heterocycles. The van der Waals surface area contributed by atoms with Gasteiger partial charge < -0.3 is 5.32 Å². The van der Waals surface area contributed by atoms with Crippen molar-refractivity contribution in [1.82, 2.24) is 0 Å². The molecule has 0 bridgehead atoms. The Bertz CT molecular complexity index is 329. The highest BCUT2D eigenvalue weighted by Crippen LogP contribution is 2.23. The van der Waals surface area contributed by atoms with Crippen molar-refractivity contribution in [3.8, 4) is 0 Å². The average molecular weight is 221 g/mol. The molecule has 0 unspecified atom stereocenters. The Labute approximate surface area is 96.7 Å². The van der Waals surface area contributed by atoms with Crippen LogP contribution in [-0.2, 0) is 0 Å². The maximum absolute atomic E-state index is 3.67. The molecule has 1 fully saturated rings. The van der Waals surface area contributed by atoms with Crippen molar-refractivity contribution in [2.24, 2.45) is 0 Å². The molecule has 1 nitrogen and oxygen atoms in total. The number of aryl methyl sites for hydroxylation is 2. The Morgan fingerprint density at radius 1 is 1.33 bits per heavy atom. The third-order valence-electron chi connectivity index (χ3n) is 2.91. The van der Waals surface area contributed by atoms with Gasteiger partial charge in [-0.2, -0.15) is 11.8 Å². The van der Waals surface area contributed by atoms with E-state index in [4.69, 9.17) is 0 Å². The minimum absolute atomic E-state index is 0.671. The Kier molecular flexibility index (Phi) is 3.57. The number of hydrogen-bond donors (Lipinski definition) is 1. The third kappa shape index (κ3) is 2.91. The number of benzene rings is 1. The van der Waals surface area contributed by atoms with E-state index >= 15 is 0 Å². The third-order valence-corrected chi connectivity index (χ3v) is 4.13. The van der Waals surface area contributed by atoms with Crippen molar-refractivity contribution < 1.29 is 0 Å². The maximum atomic E-state index is 3.67. The zero-order valence-corrected chi connectivity index (χ0v) is 10.4. The van der Waals surface area contributed by atoms with Crippen LogP contribution in [0.15, 0.2) is 18.2 Å². The van der Waals surface area contributed by atoms with E-state index in [0.29, 0.717) is 6.04 Å². The van der Waals surface area contributed by atoms with Gasteiger partial charge in [0.2, 0.25) is 0 Å².